The van der Waals surface area contributed by atoms with E-state index in [4.69, 9.17) is 5.26 Å². The number of nitriles is 1. The van der Waals surface area contributed by atoms with Crippen molar-refractivity contribution in [1.29, 1.82) is 5.26 Å². The van der Waals surface area contributed by atoms with Gasteiger partial charge in [0.2, 0.25) is 0 Å². The van der Waals surface area contributed by atoms with Gasteiger partial charge in [0.05, 0.1) is 29.2 Å². The fraction of sp³-hybridized carbons (Fsp3) is 0. The Morgan fingerprint density at radius 2 is 2.00 bits per heavy atom. The average molecular weight is 220 g/mol. The average Bonchev–Trinajstić information content (AvgIpc) is 2.82. The molecule has 0 saturated carbocycles. The maximum atomic E-state index is 8.85. The Balaban J connectivity index is 2.24. The molecule has 0 saturated heterocycles. The number of hydrogen-bond donors (Lipinski definition) is 0. The Bertz CT molecular complexity index is 721. The Kier molecular flexibility index (Phi) is 2.09. The van der Waals surface area contributed by atoms with Crippen LogP contribution in [0.1, 0.15) is 5.56 Å². The number of para-hydroxylation sites is 1. The molecule has 3 aromatic rings. The van der Waals surface area contributed by atoms with Gasteiger partial charge in [-0.3, -0.25) is 4.98 Å². The zero-order valence-corrected chi connectivity index (χ0v) is 8.91. The Morgan fingerprint density at radius 3 is 2.88 bits per heavy atom. The SMILES string of the molecule is N#Cc1cncc(-n2ncc3ccccc32)c1. The van der Waals surface area contributed by atoms with Crippen molar-refractivity contribution >= 4 is 10.9 Å². The number of nitrogens with zero attached hydrogens (tertiary/aromatic N) is 4. The Morgan fingerprint density at radius 1 is 1.12 bits per heavy atom. The zero-order chi connectivity index (χ0) is 11.7. The van der Waals surface area contributed by atoms with Crippen LogP contribution in [0.3, 0.4) is 0 Å². The number of benzene rings is 1. The molecule has 0 fully saturated rings. The van der Waals surface area contributed by atoms with Crippen molar-refractivity contribution in [3.8, 4) is 11.8 Å². The summed E-state index contributed by atoms with van der Waals surface area (Å²) in [7, 11) is 0. The molecule has 0 N–H and O–H groups in total. The van der Waals surface area contributed by atoms with E-state index in [0.717, 1.165) is 16.6 Å². The van der Waals surface area contributed by atoms with E-state index in [1.54, 1.807) is 23.1 Å². The van der Waals surface area contributed by atoms with E-state index in [-0.39, 0.29) is 0 Å². The fourth-order valence-corrected chi connectivity index (χ4v) is 1.78. The second-order valence-electron chi connectivity index (χ2n) is 3.66. The molecular weight excluding hydrogens is 212 g/mol. The van der Waals surface area contributed by atoms with Crippen LogP contribution in [0.5, 0.6) is 0 Å². The molecule has 1 aromatic carbocycles. The number of hydrogen-bond acceptors (Lipinski definition) is 3. The highest BCUT2D eigenvalue weighted by atomic mass is 15.3. The lowest BCUT2D eigenvalue weighted by atomic mass is 10.2. The first kappa shape index (κ1) is 9.55. The number of rotatable bonds is 1. The topological polar surface area (TPSA) is 54.5 Å². The van der Waals surface area contributed by atoms with Crippen LogP contribution in [-0.2, 0) is 0 Å². The molecule has 0 amide bonds. The zero-order valence-electron chi connectivity index (χ0n) is 8.91. The summed E-state index contributed by atoms with van der Waals surface area (Å²) in [4.78, 5) is 4.03. The lowest BCUT2D eigenvalue weighted by Gasteiger charge is -2.02. The normalized spacial score (nSPS) is 10.3. The van der Waals surface area contributed by atoms with E-state index < -0.39 is 0 Å². The van der Waals surface area contributed by atoms with Gasteiger partial charge in [0.25, 0.3) is 0 Å². The molecule has 0 bridgehead atoms. The Hall–Kier alpha value is -2.67. The first-order valence-corrected chi connectivity index (χ1v) is 5.17. The van der Waals surface area contributed by atoms with E-state index in [9.17, 15) is 0 Å². The first-order valence-electron chi connectivity index (χ1n) is 5.17. The van der Waals surface area contributed by atoms with Crippen molar-refractivity contribution in [2.75, 3.05) is 0 Å². The molecule has 4 heteroatoms. The Labute approximate surface area is 97.8 Å². The van der Waals surface area contributed by atoms with E-state index >= 15 is 0 Å². The van der Waals surface area contributed by atoms with Gasteiger partial charge >= 0.3 is 0 Å². The molecule has 0 atom stereocenters. The minimum absolute atomic E-state index is 0.530. The van der Waals surface area contributed by atoms with Gasteiger partial charge in [-0.2, -0.15) is 10.4 Å². The predicted octanol–water partition coefficient (Wildman–Crippen LogP) is 2.29. The maximum Gasteiger partial charge on any atom is 0.101 e. The smallest absolute Gasteiger partial charge is 0.101 e. The predicted molar refractivity (Wildman–Crippen MR) is 63.6 cm³/mol. The van der Waals surface area contributed by atoms with Gasteiger partial charge in [-0.05, 0) is 12.1 Å². The van der Waals surface area contributed by atoms with Crippen LogP contribution >= 0.6 is 0 Å². The number of pyridine rings is 1. The molecule has 0 radical (unpaired) electrons. The van der Waals surface area contributed by atoms with Crippen molar-refractivity contribution in [1.82, 2.24) is 14.8 Å². The van der Waals surface area contributed by atoms with Gasteiger partial charge in [-0.15, -0.1) is 0 Å². The minimum Gasteiger partial charge on any atom is -0.261 e. The maximum absolute atomic E-state index is 8.85. The van der Waals surface area contributed by atoms with Gasteiger partial charge in [-0.1, -0.05) is 18.2 Å². The summed E-state index contributed by atoms with van der Waals surface area (Å²) >= 11 is 0. The second-order valence-corrected chi connectivity index (χ2v) is 3.66. The fourth-order valence-electron chi connectivity index (χ4n) is 1.78. The summed E-state index contributed by atoms with van der Waals surface area (Å²) < 4.78 is 1.78. The van der Waals surface area contributed by atoms with E-state index in [1.807, 2.05) is 24.3 Å². The third-order valence-electron chi connectivity index (χ3n) is 2.57. The van der Waals surface area contributed by atoms with Crippen LogP contribution in [0.2, 0.25) is 0 Å². The highest BCUT2D eigenvalue weighted by molar-refractivity contribution is 5.80. The molecule has 0 aliphatic heterocycles. The van der Waals surface area contributed by atoms with Crippen molar-refractivity contribution in [3.05, 3.63) is 54.5 Å². The van der Waals surface area contributed by atoms with Crippen molar-refractivity contribution in [2.24, 2.45) is 0 Å². The molecular formula is C13H8N4. The first-order chi connectivity index (χ1) is 8.38. The number of fused-ring (bicyclic) bond motifs is 1. The highest BCUT2D eigenvalue weighted by Gasteiger charge is 2.04. The third kappa shape index (κ3) is 1.54. The van der Waals surface area contributed by atoms with Crippen LogP contribution in [0, 0.1) is 11.3 Å². The van der Waals surface area contributed by atoms with Gasteiger partial charge in [0, 0.05) is 11.6 Å². The summed E-state index contributed by atoms with van der Waals surface area (Å²) in [6, 6.07) is 11.8. The van der Waals surface area contributed by atoms with E-state index in [0.29, 0.717) is 5.56 Å². The summed E-state index contributed by atoms with van der Waals surface area (Å²) in [6.07, 6.45) is 5.03. The van der Waals surface area contributed by atoms with Gasteiger partial charge < -0.3 is 0 Å². The number of aromatic nitrogens is 3. The second kappa shape index (κ2) is 3.72. The van der Waals surface area contributed by atoms with Gasteiger partial charge in [0.15, 0.2) is 0 Å². The van der Waals surface area contributed by atoms with Crippen LogP contribution in [0.4, 0.5) is 0 Å². The molecule has 0 spiro atoms. The van der Waals surface area contributed by atoms with E-state index in [2.05, 4.69) is 16.2 Å². The molecule has 0 unspecified atom stereocenters. The highest BCUT2D eigenvalue weighted by Crippen LogP contribution is 2.17. The summed E-state index contributed by atoms with van der Waals surface area (Å²) in [6.45, 7) is 0. The van der Waals surface area contributed by atoms with E-state index in [1.165, 1.54) is 6.20 Å². The van der Waals surface area contributed by atoms with Crippen molar-refractivity contribution < 1.29 is 0 Å². The molecule has 2 heterocycles. The molecule has 3 rings (SSSR count). The summed E-state index contributed by atoms with van der Waals surface area (Å²) in [5, 5.41) is 14.2. The monoisotopic (exact) mass is 220 g/mol. The van der Waals surface area contributed by atoms with Gasteiger partial charge in [0.1, 0.15) is 6.07 Å². The summed E-state index contributed by atoms with van der Waals surface area (Å²) in [5.41, 5.74) is 2.33. The molecule has 80 valence electrons. The molecule has 4 nitrogen and oxygen atoms in total. The molecule has 2 aromatic heterocycles. The van der Waals surface area contributed by atoms with Crippen LogP contribution in [-0.4, -0.2) is 14.8 Å². The molecule has 0 aliphatic carbocycles. The van der Waals surface area contributed by atoms with Crippen LogP contribution in [0.25, 0.3) is 16.6 Å². The molecule has 0 aliphatic rings. The molecule has 17 heavy (non-hydrogen) atoms. The van der Waals surface area contributed by atoms with Gasteiger partial charge in [-0.25, -0.2) is 4.68 Å². The van der Waals surface area contributed by atoms with Crippen molar-refractivity contribution in [3.63, 3.8) is 0 Å². The lowest BCUT2D eigenvalue weighted by molar-refractivity contribution is 0.902. The minimum atomic E-state index is 0.530. The quantitative estimate of drug-likeness (QED) is 0.632. The standard InChI is InChI=1S/C13H8N4/c14-6-10-5-12(9-15-7-10)17-13-4-2-1-3-11(13)8-16-17/h1-5,7-9H. The van der Waals surface area contributed by atoms with Crippen LogP contribution < -0.4 is 0 Å². The van der Waals surface area contributed by atoms with Crippen molar-refractivity contribution in [2.45, 2.75) is 0 Å². The lowest BCUT2D eigenvalue weighted by Crippen LogP contribution is -1.97. The third-order valence-corrected chi connectivity index (χ3v) is 2.57. The summed E-state index contributed by atoms with van der Waals surface area (Å²) in [5.74, 6) is 0. The van der Waals surface area contributed by atoms with Crippen LogP contribution in [0.15, 0.2) is 48.9 Å². The largest absolute Gasteiger partial charge is 0.261 e.